The summed E-state index contributed by atoms with van der Waals surface area (Å²) < 4.78 is 2.59. The smallest absolute Gasteiger partial charge is 0.232 e. The minimum Gasteiger partial charge on any atom is -0.368 e. The second-order valence-corrected chi connectivity index (χ2v) is 9.40. The molecule has 7 heteroatoms. The van der Waals surface area contributed by atoms with Crippen molar-refractivity contribution in [3.8, 4) is 11.3 Å². The van der Waals surface area contributed by atoms with Crippen molar-refractivity contribution < 1.29 is 4.79 Å². The molecule has 0 aliphatic carbocycles. The number of benzene rings is 3. The molecule has 2 N–H and O–H groups in total. The Morgan fingerprint density at radius 3 is 2.22 bits per heavy atom. The summed E-state index contributed by atoms with van der Waals surface area (Å²) in [6.45, 7) is 3.07. The van der Waals surface area contributed by atoms with Crippen LogP contribution >= 0.6 is 15.9 Å². The van der Waals surface area contributed by atoms with Crippen LogP contribution in [0.2, 0.25) is 0 Å². The van der Waals surface area contributed by atoms with Gasteiger partial charge in [-0.25, -0.2) is 4.98 Å². The summed E-state index contributed by atoms with van der Waals surface area (Å²) in [6, 6.07) is 29.9. The van der Waals surface area contributed by atoms with Crippen LogP contribution in [0.3, 0.4) is 0 Å². The maximum absolute atomic E-state index is 13.3. The largest absolute Gasteiger partial charge is 0.368 e. The molecule has 0 aliphatic heterocycles. The lowest BCUT2D eigenvalue weighted by Crippen LogP contribution is -2.33. The summed E-state index contributed by atoms with van der Waals surface area (Å²) in [4.78, 5) is 18.1. The first-order chi connectivity index (χ1) is 17.6. The Bertz CT molecular complexity index is 1440. The molecule has 1 amide bonds. The van der Waals surface area contributed by atoms with Crippen molar-refractivity contribution in [2.75, 3.05) is 18.4 Å². The lowest BCUT2D eigenvalue weighted by Gasteiger charge is -2.18. The molecular weight excluding hydrogens is 514 g/mol. The highest BCUT2D eigenvalue weighted by atomic mass is 79.9. The van der Waals surface area contributed by atoms with E-state index < -0.39 is 0 Å². The SMILES string of the molecule is Cc1ccccc1-c1cc(NCCNC(=O)C(c2ccccc2)c2ccccc2)n2ncc(Br)c2n1. The van der Waals surface area contributed by atoms with Crippen molar-refractivity contribution in [3.05, 3.63) is 118 Å². The first kappa shape index (κ1) is 23.8. The number of amides is 1. The highest BCUT2D eigenvalue weighted by Crippen LogP contribution is 2.28. The van der Waals surface area contributed by atoms with Gasteiger partial charge < -0.3 is 10.6 Å². The Hall–Kier alpha value is -3.97. The molecule has 0 saturated heterocycles. The second kappa shape index (κ2) is 10.7. The van der Waals surface area contributed by atoms with Crippen molar-refractivity contribution in [1.82, 2.24) is 19.9 Å². The fourth-order valence-corrected chi connectivity index (χ4v) is 4.67. The van der Waals surface area contributed by atoms with Crippen LogP contribution in [0.15, 0.2) is 102 Å². The van der Waals surface area contributed by atoms with Gasteiger partial charge in [0, 0.05) is 24.7 Å². The number of nitrogens with zero attached hydrogens (tertiary/aromatic N) is 3. The molecular formula is C29H26BrN5O. The van der Waals surface area contributed by atoms with Crippen molar-refractivity contribution in [3.63, 3.8) is 0 Å². The first-order valence-electron chi connectivity index (χ1n) is 11.8. The molecule has 5 aromatic rings. The average molecular weight is 540 g/mol. The summed E-state index contributed by atoms with van der Waals surface area (Å²) in [6.07, 6.45) is 1.74. The molecule has 36 heavy (non-hydrogen) atoms. The van der Waals surface area contributed by atoms with Crippen LogP contribution in [-0.2, 0) is 4.79 Å². The van der Waals surface area contributed by atoms with Gasteiger partial charge in [0.15, 0.2) is 5.65 Å². The molecule has 0 aliphatic rings. The molecule has 180 valence electrons. The molecule has 0 atom stereocenters. The third kappa shape index (κ3) is 5.02. The number of hydrogen-bond donors (Lipinski definition) is 2. The predicted molar refractivity (Wildman–Crippen MR) is 147 cm³/mol. The van der Waals surface area contributed by atoms with Crippen molar-refractivity contribution in [2.24, 2.45) is 0 Å². The van der Waals surface area contributed by atoms with Crippen molar-refractivity contribution in [1.29, 1.82) is 0 Å². The normalized spacial score (nSPS) is 11.1. The van der Waals surface area contributed by atoms with Gasteiger partial charge in [-0.1, -0.05) is 84.9 Å². The van der Waals surface area contributed by atoms with E-state index in [0.29, 0.717) is 13.1 Å². The van der Waals surface area contributed by atoms with Gasteiger partial charge in [-0.3, -0.25) is 4.79 Å². The summed E-state index contributed by atoms with van der Waals surface area (Å²) in [7, 11) is 0. The zero-order valence-electron chi connectivity index (χ0n) is 19.9. The number of carbonyl (C=O) groups excluding carboxylic acids is 1. The standard InChI is InChI=1S/C29H26BrN5O/c1-20-10-8-9-15-23(20)25-18-26(35-28(34-25)24(30)19-33-35)31-16-17-32-29(36)27(21-11-4-2-5-12-21)22-13-6-3-7-14-22/h2-15,18-19,27,31H,16-17H2,1H3,(H,32,36). The zero-order valence-corrected chi connectivity index (χ0v) is 21.4. The van der Waals surface area contributed by atoms with E-state index in [0.717, 1.165) is 43.9 Å². The lowest BCUT2D eigenvalue weighted by molar-refractivity contribution is -0.121. The number of hydrogen-bond acceptors (Lipinski definition) is 4. The van der Waals surface area contributed by atoms with Crippen LogP contribution in [0.25, 0.3) is 16.9 Å². The molecule has 5 rings (SSSR count). The third-order valence-electron chi connectivity index (χ3n) is 6.11. The van der Waals surface area contributed by atoms with Crippen LogP contribution in [0, 0.1) is 6.92 Å². The third-order valence-corrected chi connectivity index (χ3v) is 6.67. The molecule has 0 bridgehead atoms. The molecule has 0 radical (unpaired) electrons. The lowest BCUT2D eigenvalue weighted by atomic mass is 9.90. The highest BCUT2D eigenvalue weighted by Gasteiger charge is 2.22. The Kier molecular flexibility index (Phi) is 7.09. The van der Waals surface area contributed by atoms with Crippen molar-refractivity contribution in [2.45, 2.75) is 12.8 Å². The monoisotopic (exact) mass is 539 g/mol. The van der Waals surface area contributed by atoms with E-state index in [1.54, 1.807) is 10.7 Å². The van der Waals surface area contributed by atoms with E-state index >= 15 is 0 Å². The maximum atomic E-state index is 13.3. The number of anilines is 1. The number of carbonyl (C=O) groups is 1. The van der Waals surface area contributed by atoms with Crippen LogP contribution in [0.5, 0.6) is 0 Å². The number of aryl methyl sites for hydroxylation is 1. The van der Waals surface area contributed by atoms with Crippen LogP contribution in [0.1, 0.15) is 22.6 Å². The number of halogens is 1. The fourth-order valence-electron chi connectivity index (χ4n) is 4.32. The Morgan fingerprint density at radius 1 is 0.917 bits per heavy atom. The quantitative estimate of drug-likeness (QED) is 0.243. The van der Waals surface area contributed by atoms with E-state index in [1.807, 2.05) is 78.9 Å². The van der Waals surface area contributed by atoms with Gasteiger partial charge in [0.25, 0.3) is 0 Å². The maximum Gasteiger partial charge on any atom is 0.232 e. The Morgan fingerprint density at radius 2 is 1.56 bits per heavy atom. The zero-order chi connectivity index (χ0) is 24.9. The highest BCUT2D eigenvalue weighted by molar-refractivity contribution is 9.10. The van der Waals surface area contributed by atoms with Crippen LogP contribution in [0.4, 0.5) is 5.82 Å². The molecule has 0 unspecified atom stereocenters. The summed E-state index contributed by atoms with van der Waals surface area (Å²) in [5.74, 6) is 0.409. The predicted octanol–water partition coefficient (Wildman–Crippen LogP) is 5.83. The Balaban J connectivity index is 1.32. The van der Waals surface area contributed by atoms with Gasteiger partial charge >= 0.3 is 0 Å². The minimum absolute atomic E-state index is 0.0310. The van der Waals surface area contributed by atoms with E-state index in [9.17, 15) is 4.79 Å². The topological polar surface area (TPSA) is 71.3 Å². The number of fused-ring (bicyclic) bond motifs is 1. The molecule has 0 spiro atoms. The molecule has 0 fully saturated rings. The summed E-state index contributed by atoms with van der Waals surface area (Å²) >= 11 is 3.56. The molecule has 3 aromatic carbocycles. The van der Waals surface area contributed by atoms with Crippen molar-refractivity contribution >= 4 is 33.3 Å². The molecule has 2 heterocycles. The average Bonchev–Trinajstić information content (AvgIpc) is 3.29. The first-order valence-corrected chi connectivity index (χ1v) is 12.6. The fraction of sp³-hybridized carbons (Fsp3) is 0.138. The van der Waals surface area contributed by atoms with Gasteiger partial charge in [-0.15, -0.1) is 0 Å². The van der Waals surface area contributed by atoms with E-state index in [-0.39, 0.29) is 11.8 Å². The van der Waals surface area contributed by atoms with Gasteiger partial charge in [0.05, 0.1) is 22.3 Å². The van der Waals surface area contributed by atoms with E-state index in [2.05, 4.69) is 50.7 Å². The number of aromatic nitrogens is 3. The molecule has 0 saturated carbocycles. The number of nitrogens with one attached hydrogen (secondary N) is 2. The minimum atomic E-state index is -0.366. The number of rotatable bonds is 8. The van der Waals surface area contributed by atoms with Crippen LogP contribution < -0.4 is 10.6 Å². The van der Waals surface area contributed by atoms with E-state index in [4.69, 9.17) is 4.98 Å². The molecule has 2 aromatic heterocycles. The van der Waals surface area contributed by atoms with Gasteiger partial charge in [-0.05, 0) is 39.5 Å². The summed E-state index contributed by atoms with van der Waals surface area (Å²) in [5, 5.41) is 11.0. The van der Waals surface area contributed by atoms with Gasteiger partial charge in [0.1, 0.15) is 5.82 Å². The van der Waals surface area contributed by atoms with Crippen LogP contribution in [-0.4, -0.2) is 33.6 Å². The molecule has 6 nitrogen and oxygen atoms in total. The van der Waals surface area contributed by atoms with Gasteiger partial charge in [0.2, 0.25) is 5.91 Å². The summed E-state index contributed by atoms with van der Waals surface area (Å²) in [5.41, 5.74) is 5.75. The van der Waals surface area contributed by atoms with E-state index in [1.165, 1.54) is 0 Å². The second-order valence-electron chi connectivity index (χ2n) is 8.54. The van der Waals surface area contributed by atoms with Gasteiger partial charge in [-0.2, -0.15) is 9.61 Å². The Labute approximate surface area is 218 Å².